The van der Waals surface area contributed by atoms with E-state index in [4.69, 9.17) is 4.98 Å². The lowest BCUT2D eigenvalue weighted by Crippen LogP contribution is -2.51. The van der Waals surface area contributed by atoms with Gasteiger partial charge in [0.2, 0.25) is 0 Å². The van der Waals surface area contributed by atoms with Crippen molar-refractivity contribution in [2.45, 2.75) is 24.9 Å². The van der Waals surface area contributed by atoms with Gasteiger partial charge in [0.05, 0.1) is 11.3 Å². The van der Waals surface area contributed by atoms with E-state index >= 15 is 0 Å². The molecule has 2 aliphatic rings. The molecule has 2 aliphatic heterocycles. The number of hydrogen-bond acceptors (Lipinski definition) is 5. The van der Waals surface area contributed by atoms with Gasteiger partial charge in [0.25, 0.3) is 0 Å². The molecule has 0 aliphatic carbocycles. The predicted molar refractivity (Wildman–Crippen MR) is 114 cm³/mol. The highest BCUT2D eigenvalue weighted by Crippen LogP contribution is 2.32. The van der Waals surface area contributed by atoms with E-state index in [1.165, 1.54) is 25.0 Å². The number of anilines is 1. The molecule has 156 valence electrons. The number of fused-ring (bicyclic) bond motifs is 3. The van der Waals surface area contributed by atoms with Crippen LogP contribution in [0.4, 0.5) is 14.6 Å². The first-order valence-electron chi connectivity index (χ1n) is 10.4. The maximum Gasteiger partial charge on any atom is 0.167 e. The smallest absolute Gasteiger partial charge is 0.167 e. The molecule has 0 radical (unpaired) electrons. The van der Waals surface area contributed by atoms with Crippen LogP contribution in [0.25, 0.3) is 28.2 Å². The van der Waals surface area contributed by atoms with Crippen LogP contribution in [0.1, 0.15) is 12.8 Å². The largest absolute Gasteiger partial charge is 0.353 e. The summed E-state index contributed by atoms with van der Waals surface area (Å²) in [4.78, 5) is 16.0. The molecule has 5 heterocycles. The average Bonchev–Trinajstić information content (AvgIpc) is 3.32. The van der Waals surface area contributed by atoms with Gasteiger partial charge in [0, 0.05) is 43.6 Å². The van der Waals surface area contributed by atoms with E-state index in [2.05, 4.69) is 20.2 Å². The Bertz CT molecular complexity index is 1260. The summed E-state index contributed by atoms with van der Waals surface area (Å²) in [6.45, 7) is 1.83. The number of rotatable bonds is 3. The van der Waals surface area contributed by atoms with E-state index in [1.807, 2.05) is 28.8 Å². The Kier molecular flexibility index (Phi) is 4.21. The molecule has 1 N–H and O–H groups in total. The predicted octanol–water partition coefficient (Wildman–Crippen LogP) is 3.70. The first-order chi connectivity index (χ1) is 15.2. The number of hydrogen-bond donors (Lipinski definition) is 1. The molecule has 0 saturated carbocycles. The lowest BCUT2D eigenvalue weighted by Gasteiger charge is -2.33. The summed E-state index contributed by atoms with van der Waals surface area (Å²) in [7, 11) is 0. The van der Waals surface area contributed by atoms with Crippen LogP contribution in [0, 0.1) is 11.6 Å². The van der Waals surface area contributed by atoms with Crippen LogP contribution in [0.15, 0.2) is 54.9 Å². The summed E-state index contributed by atoms with van der Waals surface area (Å²) in [5, 5.41) is 3.63. The molecule has 2 fully saturated rings. The molecular weight excluding hydrogens is 398 g/mol. The maximum atomic E-state index is 14.7. The second-order valence-electron chi connectivity index (χ2n) is 8.16. The Balaban J connectivity index is 1.54. The lowest BCUT2D eigenvalue weighted by atomic mass is 10.2. The van der Waals surface area contributed by atoms with Gasteiger partial charge in [0.1, 0.15) is 28.8 Å². The van der Waals surface area contributed by atoms with Gasteiger partial charge in [-0.1, -0.05) is 0 Å². The van der Waals surface area contributed by atoms with Crippen LogP contribution in [-0.2, 0) is 0 Å². The molecule has 2 atom stereocenters. The molecule has 0 amide bonds. The molecule has 3 aromatic heterocycles. The molecule has 4 aromatic rings. The standard InChI is InChI=1S/C23H20F2N6/c24-14-1-4-18(19(25)11-14)22-28-20-5-6-21(30-12-15-2-3-16(13-30)27-15)29-23(20)31(22)17-7-9-26-10-8-17/h1,4-11,15-16,27H,2-3,12-13H2. The Hall–Kier alpha value is -3.39. The third-order valence-electron chi connectivity index (χ3n) is 6.12. The number of nitrogens with one attached hydrogen (secondary N) is 1. The molecule has 1 aromatic carbocycles. The van der Waals surface area contributed by atoms with Crippen molar-refractivity contribution in [1.82, 2.24) is 24.8 Å². The van der Waals surface area contributed by atoms with Gasteiger partial charge >= 0.3 is 0 Å². The molecule has 0 spiro atoms. The molecule has 6 rings (SSSR count). The summed E-state index contributed by atoms with van der Waals surface area (Å²) < 4.78 is 30.0. The Morgan fingerprint density at radius 1 is 0.903 bits per heavy atom. The SMILES string of the molecule is Fc1ccc(-c2nc3ccc(N4CC5CCC(C4)N5)nc3n2-c2ccncc2)c(F)c1. The summed E-state index contributed by atoms with van der Waals surface area (Å²) in [5.41, 5.74) is 2.27. The highest BCUT2D eigenvalue weighted by molar-refractivity contribution is 5.81. The number of halogens is 2. The van der Waals surface area contributed by atoms with Gasteiger partial charge in [-0.05, 0) is 49.2 Å². The van der Waals surface area contributed by atoms with E-state index < -0.39 is 11.6 Å². The van der Waals surface area contributed by atoms with Crippen molar-refractivity contribution in [1.29, 1.82) is 0 Å². The monoisotopic (exact) mass is 418 g/mol. The van der Waals surface area contributed by atoms with Gasteiger partial charge in [-0.15, -0.1) is 0 Å². The zero-order valence-electron chi connectivity index (χ0n) is 16.7. The normalized spacial score (nSPS) is 20.5. The maximum absolute atomic E-state index is 14.7. The number of piperazine rings is 1. The van der Waals surface area contributed by atoms with E-state index in [-0.39, 0.29) is 5.56 Å². The minimum atomic E-state index is -0.662. The number of aromatic nitrogens is 4. The second kappa shape index (κ2) is 7.09. The second-order valence-corrected chi connectivity index (χ2v) is 8.16. The minimum Gasteiger partial charge on any atom is -0.353 e. The van der Waals surface area contributed by atoms with Crippen molar-refractivity contribution in [3.05, 3.63) is 66.5 Å². The average molecular weight is 418 g/mol. The summed E-state index contributed by atoms with van der Waals surface area (Å²) >= 11 is 0. The quantitative estimate of drug-likeness (QED) is 0.550. The Morgan fingerprint density at radius 2 is 1.68 bits per heavy atom. The van der Waals surface area contributed by atoms with E-state index in [0.29, 0.717) is 29.1 Å². The summed E-state index contributed by atoms with van der Waals surface area (Å²) in [6.07, 6.45) is 5.71. The fourth-order valence-electron chi connectivity index (χ4n) is 4.70. The van der Waals surface area contributed by atoms with Gasteiger partial charge in [-0.25, -0.2) is 18.7 Å². The molecule has 8 heteroatoms. The third-order valence-corrected chi connectivity index (χ3v) is 6.12. The van der Waals surface area contributed by atoms with Crippen molar-refractivity contribution in [3.63, 3.8) is 0 Å². The highest BCUT2D eigenvalue weighted by atomic mass is 19.1. The van der Waals surface area contributed by atoms with E-state index in [1.54, 1.807) is 12.4 Å². The van der Waals surface area contributed by atoms with Crippen LogP contribution < -0.4 is 10.2 Å². The Morgan fingerprint density at radius 3 is 2.42 bits per heavy atom. The molecule has 31 heavy (non-hydrogen) atoms. The lowest BCUT2D eigenvalue weighted by molar-refractivity contribution is 0.463. The van der Waals surface area contributed by atoms with Crippen molar-refractivity contribution in [3.8, 4) is 17.1 Å². The van der Waals surface area contributed by atoms with Crippen LogP contribution in [-0.4, -0.2) is 44.7 Å². The first kappa shape index (κ1) is 18.4. The third kappa shape index (κ3) is 3.14. The van der Waals surface area contributed by atoms with Gasteiger partial charge in [0.15, 0.2) is 5.65 Å². The van der Waals surface area contributed by atoms with Crippen molar-refractivity contribution in [2.75, 3.05) is 18.0 Å². The molecular formula is C23H20F2N6. The van der Waals surface area contributed by atoms with E-state index in [9.17, 15) is 8.78 Å². The number of nitrogens with zero attached hydrogens (tertiary/aromatic N) is 5. The summed E-state index contributed by atoms with van der Waals surface area (Å²) in [5.74, 6) is -0.0259. The first-order valence-corrected chi connectivity index (χ1v) is 10.4. The van der Waals surface area contributed by atoms with E-state index in [0.717, 1.165) is 30.7 Å². The van der Waals surface area contributed by atoms with Gasteiger partial charge in [-0.2, -0.15) is 0 Å². The topological polar surface area (TPSA) is 58.9 Å². The molecule has 6 nitrogen and oxygen atoms in total. The number of benzene rings is 1. The van der Waals surface area contributed by atoms with Crippen molar-refractivity contribution < 1.29 is 8.78 Å². The van der Waals surface area contributed by atoms with Crippen molar-refractivity contribution in [2.24, 2.45) is 0 Å². The number of pyridine rings is 2. The van der Waals surface area contributed by atoms with Crippen LogP contribution in [0.2, 0.25) is 0 Å². The van der Waals surface area contributed by atoms with Gasteiger partial charge < -0.3 is 10.2 Å². The van der Waals surface area contributed by atoms with Crippen LogP contribution in [0.3, 0.4) is 0 Å². The molecule has 2 unspecified atom stereocenters. The van der Waals surface area contributed by atoms with Gasteiger partial charge in [-0.3, -0.25) is 9.55 Å². The summed E-state index contributed by atoms with van der Waals surface area (Å²) in [6, 6.07) is 12.1. The number of imidazole rings is 1. The van der Waals surface area contributed by atoms with Crippen LogP contribution >= 0.6 is 0 Å². The molecule has 2 bridgehead atoms. The van der Waals surface area contributed by atoms with Crippen molar-refractivity contribution >= 4 is 17.0 Å². The minimum absolute atomic E-state index is 0.220. The Labute approximate surface area is 177 Å². The zero-order chi connectivity index (χ0) is 20.9. The fourth-order valence-corrected chi connectivity index (χ4v) is 4.70. The highest BCUT2D eigenvalue weighted by Gasteiger charge is 2.33. The molecule has 2 saturated heterocycles. The zero-order valence-corrected chi connectivity index (χ0v) is 16.7. The van der Waals surface area contributed by atoms with Crippen LogP contribution in [0.5, 0.6) is 0 Å². The fraction of sp³-hybridized carbons (Fsp3) is 0.261.